The summed E-state index contributed by atoms with van der Waals surface area (Å²) >= 11 is 0. The summed E-state index contributed by atoms with van der Waals surface area (Å²) in [5.74, 6) is 0. The fourth-order valence-electron chi connectivity index (χ4n) is 6.79. The minimum atomic E-state index is -2.67. The summed E-state index contributed by atoms with van der Waals surface area (Å²) in [5, 5.41) is 4.53. The monoisotopic (exact) mass is 542 g/mol. The Morgan fingerprint density at radius 2 is 0.950 bits per heavy atom. The van der Waals surface area contributed by atoms with Gasteiger partial charge in [0.1, 0.15) is 0 Å². The molecular formula is C39H46Si. The zero-order valence-electron chi connectivity index (χ0n) is 26.2. The highest BCUT2D eigenvalue weighted by Gasteiger charge is 2.49. The fourth-order valence-corrected chi connectivity index (χ4v) is 12.6. The van der Waals surface area contributed by atoms with Crippen LogP contribution in [0.4, 0.5) is 0 Å². The van der Waals surface area contributed by atoms with Crippen molar-refractivity contribution in [3.05, 3.63) is 129 Å². The topological polar surface area (TPSA) is 0 Å². The number of hydrogen-bond acceptors (Lipinski definition) is 0. The first-order valence-electron chi connectivity index (χ1n) is 14.8. The predicted octanol–water partition coefficient (Wildman–Crippen LogP) is 8.34. The molecule has 0 saturated carbocycles. The van der Waals surface area contributed by atoms with Gasteiger partial charge >= 0.3 is 0 Å². The van der Waals surface area contributed by atoms with Crippen LogP contribution in [0.2, 0.25) is 0 Å². The van der Waals surface area contributed by atoms with E-state index in [2.05, 4.69) is 160 Å². The summed E-state index contributed by atoms with van der Waals surface area (Å²) in [6.07, 6.45) is 4.91. The van der Waals surface area contributed by atoms with Crippen molar-refractivity contribution in [2.75, 3.05) is 0 Å². The van der Waals surface area contributed by atoms with E-state index in [1.54, 1.807) is 0 Å². The van der Waals surface area contributed by atoms with Crippen LogP contribution in [0.5, 0.6) is 0 Å². The van der Waals surface area contributed by atoms with Gasteiger partial charge in [0, 0.05) is 5.54 Å². The second-order valence-electron chi connectivity index (χ2n) is 14.3. The average Bonchev–Trinajstić information content (AvgIpc) is 3.27. The Hall–Kier alpha value is -3.16. The Balaban J connectivity index is 2.02. The highest BCUT2D eigenvalue weighted by molar-refractivity contribution is 7.12. The van der Waals surface area contributed by atoms with Crippen LogP contribution in [-0.2, 0) is 10.8 Å². The van der Waals surface area contributed by atoms with Crippen molar-refractivity contribution < 1.29 is 0 Å². The van der Waals surface area contributed by atoms with E-state index < -0.39 is 8.07 Å². The molecule has 0 radical (unpaired) electrons. The Kier molecular flexibility index (Phi) is 7.12. The first-order chi connectivity index (χ1) is 18.7. The number of benzene rings is 4. The normalized spacial score (nSPS) is 15.4. The zero-order chi connectivity index (χ0) is 29.0. The van der Waals surface area contributed by atoms with Gasteiger partial charge in [-0.1, -0.05) is 155 Å². The van der Waals surface area contributed by atoms with Crippen LogP contribution in [0.3, 0.4) is 0 Å². The lowest BCUT2D eigenvalue weighted by Crippen LogP contribution is -2.71. The second-order valence-corrected chi connectivity index (χ2v) is 18.3. The smallest absolute Gasteiger partial charge is 0.0781 e. The van der Waals surface area contributed by atoms with Gasteiger partial charge in [-0.15, -0.1) is 0 Å². The van der Waals surface area contributed by atoms with Crippen LogP contribution in [0, 0.1) is 27.7 Å². The molecule has 4 aromatic rings. The second kappa shape index (κ2) is 10.0. The van der Waals surface area contributed by atoms with Crippen LogP contribution in [0.25, 0.3) is 6.08 Å². The summed E-state index contributed by atoms with van der Waals surface area (Å²) in [7, 11) is -2.67. The number of aryl methyl sites for hydroxylation is 4. The molecule has 0 heterocycles. The van der Waals surface area contributed by atoms with Crippen LogP contribution in [0.15, 0.2) is 84.9 Å². The maximum atomic E-state index is 2.59. The van der Waals surface area contributed by atoms with E-state index in [9.17, 15) is 0 Å². The lowest BCUT2D eigenvalue weighted by atomic mass is 9.81. The third-order valence-corrected chi connectivity index (χ3v) is 13.8. The largest absolute Gasteiger partial charge is 0.159 e. The maximum Gasteiger partial charge on any atom is 0.159 e. The van der Waals surface area contributed by atoms with Gasteiger partial charge in [0.25, 0.3) is 0 Å². The molecule has 1 unspecified atom stereocenters. The molecule has 1 aliphatic rings. The molecule has 0 fully saturated rings. The Morgan fingerprint density at radius 1 is 0.525 bits per heavy atom. The number of allylic oxidation sites excluding steroid dienone is 1. The van der Waals surface area contributed by atoms with E-state index in [0.717, 1.165) is 0 Å². The van der Waals surface area contributed by atoms with Gasteiger partial charge in [-0.25, -0.2) is 0 Å². The molecule has 40 heavy (non-hydrogen) atoms. The molecular weight excluding hydrogens is 497 g/mol. The van der Waals surface area contributed by atoms with E-state index in [1.807, 2.05) is 0 Å². The molecule has 1 atom stereocenters. The lowest BCUT2D eigenvalue weighted by molar-refractivity contribution is 0.569. The molecule has 4 aromatic carbocycles. The van der Waals surface area contributed by atoms with E-state index in [1.165, 1.54) is 60.1 Å². The van der Waals surface area contributed by atoms with Crippen molar-refractivity contribution in [3.63, 3.8) is 0 Å². The van der Waals surface area contributed by atoms with E-state index >= 15 is 0 Å². The van der Waals surface area contributed by atoms with Crippen molar-refractivity contribution in [2.45, 2.75) is 85.6 Å². The minimum absolute atomic E-state index is 0.0462. The summed E-state index contributed by atoms with van der Waals surface area (Å²) in [4.78, 5) is 0. The maximum absolute atomic E-state index is 2.67. The third-order valence-electron chi connectivity index (χ3n) is 8.74. The molecule has 0 bridgehead atoms. The van der Waals surface area contributed by atoms with Gasteiger partial charge in [0.15, 0.2) is 8.07 Å². The highest BCUT2D eigenvalue weighted by atomic mass is 28.3. The predicted molar refractivity (Wildman–Crippen MR) is 179 cm³/mol. The van der Waals surface area contributed by atoms with Crippen LogP contribution in [-0.4, -0.2) is 8.07 Å². The van der Waals surface area contributed by atoms with Gasteiger partial charge in [0.05, 0.1) is 0 Å². The number of rotatable bonds is 4. The van der Waals surface area contributed by atoms with Crippen LogP contribution >= 0.6 is 0 Å². The molecule has 5 rings (SSSR count). The molecule has 0 amide bonds. The van der Waals surface area contributed by atoms with E-state index in [4.69, 9.17) is 0 Å². The Labute approximate surface area is 244 Å². The molecule has 0 saturated heterocycles. The van der Waals surface area contributed by atoms with Gasteiger partial charge < -0.3 is 0 Å². The van der Waals surface area contributed by atoms with E-state index in [-0.39, 0.29) is 10.8 Å². The van der Waals surface area contributed by atoms with E-state index in [0.29, 0.717) is 5.54 Å². The SMILES string of the molecule is Cc1cc(C)cc([Si](c2cc(C)cc(C)c2)(c2cc(C(C)(C)C)cc(C(C)(C)C)c2)C2C=Cc3ccccc32)c1. The van der Waals surface area contributed by atoms with Gasteiger partial charge in [-0.05, 0) is 76.3 Å². The Bertz CT molecular complexity index is 1480. The van der Waals surface area contributed by atoms with Crippen molar-refractivity contribution >= 4 is 29.7 Å². The standard InChI is InChI=1S/C39H46Si/c1-26-17-27(2)20-33(19-26)40(34-21-28(3)18-29(4)22-34,37-16-15-30-13-11-12-14-36(30)37)35-24-31(38(5,6)7)23-32(25-35)39(8,9)10/h11-25,37H,1-10H3. The van der Waals surface area contributed by atoms with Crippen LogP contribution in [0.1, 0.15) is 91.6 Å². The first kappa shape index (κ1) is 28.4. The van der Waals surface area contributed by atoms with Crippen molar-refractivity contribution in [2.24, 2.45) is 0 Å². The molecule has 0 aromatic heterocycles. The summed E-state index contributed by atoms with van der Waals surface area (Å²) < 4.78 is 0. The number of fused-ring (bicyclic) bond motifs is 1. The minimum Gasteiger partial charge on any atom is -0.0781 e. The summed E-state index contributed by atoms with van der Waals surface area (Å²) in [5.41, 5.74) is 11.4. The lowest BCUT2D eigenvalue weighted by Gasteiger charge is -2.41. The number of hydrogen-bond donors (Lipinski definition) is 0. The first-order valence-corrected chi connectivity index (χ1v) is 16.9. The average molecular weight is 543 g/mol. The zero-order valence-corrected chi connectivity index (χ0v) is 27.2. The third kappa shape index (κ3) is 5.05. The quantitative estimate of drug-likeness (QED) is 0.180. The molecule has 0 N–H and O–H groups in total. The van der Waals surface area contributed by atoms with Crippen molar-refractivity contribution in [3.8, 4) is 0 Å². The molecule has 0 aliphatic heterocycles. The fraction of sp³-hybridized carbons (Fsp3) is 0.333. The van der Waals surface area contributed by atoms with Crippen LogP contribution < -0.4 is 15.6 Å². The van der Waals surface area contributed by atoms with Gasteiger partial charge in [0.2, 0.25) is 0 Å². The molecule has 1 aliphatic carbocycles. The van der Waals surface area contributed by atoms with Crippen molar-refractivity contribution in [1.82, 2.24) is 0 Å². The molecule has 1 heteroatoms. The summed E-state index contributed by atoms with van der Waals surface area (Å²) in [6.45, 7) is 23.2. The highest BCUT2D eigenvalue weighted by Crippen LogP contribution is 2.39. The van der Waals surface area contributed by atoms with Gasteiger partial charge in [-0.3, -0.25) is 0 Å². The Morgan fingerprint density at radius 3 is 1.40 bits per heavy atom. The van der Waals surface area contributed by atoms with Gasteiger partial charge in [-0.2, -0.15) is 0 Å². The van der Waals surface area contributed by atoms with Crippen molar-refractivity contribution in [1.29, 1.82) is 0 Å². The summed E-state index contributed by atoms with van der Waals surface area (Å²) in [6, 6.07) is 31.4. The molecule has 0 nitrogen and oxygen atoms in total. The molecule has 206 valence electrons. The molecule has 0 spiro atoms.